The Labute approximate surface area is 196 Å². The first-order valence-corrected chi connectivity index (χ1v) is 11.4. The molecule has 1 atom stereocenters. The van der Waals surface area contributed by atoms with E-state index in [0.717, 1.165) is 46.5 Å². The predicted octanol–water partition coefficient (Wildman–Crippen LogP) is 5.06. The summed E-state index contributed by atoms with van der Waals surface area (Å²) in [6, 6.07) is 15.9. The van der Waals surface area contributed by atoms with Crippen LogP contribution in [0.25, 0.3) is 10.9 Å². The predicted molar refractivity (Wildman–Crippen MR) is 133 cm³/mol. The van der Waals surface area contributed by atoms with Crippen LogP contribution < -0.4 is 20.1 Å². The van der Waals surface area contributed by atoms with Gasteiger partial charge in [0.25, 0.3) is 0 Å². The van der Waals surface area contributed by atoms with Gasteiger partial charge < -0.3 is 25.0 Å². The average molecular weight is 451 g/mol. The molecule has 0 aliphatic rings. The largest absolute Gasteiger partial charge is 0.497 e. The lowest BCUT2D eigenvalue weighted by molar-refractivity contribution is 0.193. The van der Waals surface area contributed by atoms with E-state index in [1.807, 2.05) is 60.4 Å². The first-order valence-electron chi connectivity index (χ1n) is 11.4. The number of nitrogens with zero attached hydrogens (tertiary/aromatic N) is 2. The van der Waals surface area contributed by atoms with Crippen molar-refractivity contribution in [3.8, 4) is 11.5 Å². The fraction of sp³-hybridized carbons (Fsp3) is 0.385. The van der Waals surface area contributed by atoms with Crippen LogP contribution in [0.1, 0.15) is 32.3 Å². The van der Waals surface area contributed by atoms with Crippen molar-refractivity contribution in [1.82, 2.24) is 15.2 Å². The van der Waals surface area contributed by atoms with E-state index in [1.165, 1.54) is 0 Å². The van der Waals surface area contributed by atoms with E-state index in [2.05, 4.69) is 22.5 Å². The van der Waals surface area contributed by atoms with Crippen LogP contribution in [0.2, 0.25) is 0 Å². The number of aromatic nitrogens is 1. The summed E-state index contributed by atoms with van der Waals surface area (Å²) in [5.74, 6) is 1.59. The SMILES string of the molecule is CCNC(=O)N(CCCC(C)Nc1cc(OC)cc2cccnc12)Cc1ccccc1OC. The first-order chi connectivity index (χ1) is 16.0. The van der Waals surface area contributed by atoms with Crippen molar-refractivity contribution in [2.75, 3.05) is 32.6 Å². The Morgan fingerprint density at radius 1 is 1.12 bits per heavy atom. The van der Waals surface area contributed by atoms with Gasteiger partial charge in [-0.1, -0.05) is 24.3 Å². The molecule has 1 unspecified atom stereocenters. The number of carbonyl (C=O) groups is 1. The van der Waals surface area contributed by atoms with Gasteiger partial charge in [-0.05, 0) is 44.9 Å². The van der Waals surface area contributed by atoms with E-state index in [0.29, 0.717) is 19.6 Å². The molecule has 2 aromatic carbocycles. The van der Waals surface area contributed by atoms with Crippen molar-refractivity contribution >= 4 is 22.6 Å². The summed E-state index contributed by atoms with van der Waals surface area (Å²) in [6.07, 6.45) is 3.55. The molecule has 0 radical (unpaired) electrons. The highest BCUT2D eigenvalue weighted by Crippen LogP contribution is 2.28. The van der Waals surface area contributed by atoms with Crippen molar-refractivity contribution in [3.05, 3.63) is 60.3 Å². The van der Waals surface area contributed by atoms with Crippen LogP contribution in [0.4, 0.5) is 10.5 Å². The third-order valence-electron chi connectivity index (χ3n) is 5.55. The molecule has 0 saturated heterocycles. The molecule has 3 rings (SSSR count). The summed E-state index contributed by atoms with van der Waals surface area (Å²) in [7, 11) is 3.32. The summed E-state index contributed by atoms with van der Waals surface area (Å²) in [5, 5.41) is 7.53. The quantitative estimate of drug-likeness (QED) is 0.427. The lowest BCUT2D eigenvalue weighted by Gasteiger charge is -2.25. The molecule has 0 fully saturated rings. The number of fused-ring (bicyclic) bond motifs is 1. The van der Waals surface area contributed by atoms with Gasteiger partial charge in [-0.2, -0.15) is 0 Å². The number of nitrogens with one attached hydrogen (secondary N) is 2. The number of ether oxygens (including phenoxy) is 2. The second kappa shape index (κ2) is 11.9. The van der Waals surface area contributed by atoms with Crippen molar-refractivity contribution in [1.29, 1.82) is 0 Å². The van der Waals surface area contributed by atoms with Crippen LogP contribution in [0.3, 0.4) is 0 Å². The lowest BCUT2D eigenvalue weighted by Crippen LogP contribution is -2.40. The van der Waals surface area contributed by atoms with Gasteiger partial charge in [-0.25, -0.2) is 4.79 Å². The van der Waals surface area contributed by atoms with Gasteiger partial charge in [0, 0.05) is 42.3 Å². The third kappa shape index (κ3) is 6.51. The molecule has 0 aliphatic carbocycles. The maximum atomic E-state index is 12.7. The van der Waals surface area contributed by atoms with E-state index in [1.54, 1.807) is 20.4 Å². The molecule has 1 aromatic heterocycles. The molecule has 0 saturated carbocycles. The number of benzene rings is 2. The molecule has 2 N–H and O–H groups in total. The average Bonchev–Trinajstić information content (AvgIpc) is 2.83. The minimum absolute atomic E-state index is 0.0630. The Balaban J connectivity index is 1.64. The molecule has 33 heavy (non-hydrogen) atoms. The number of rotatable bonds is 11. The smallest absolute Gasteiger partial charge is 0.317 e. The van der Waals surface area contributed by atoms with E-state index in [4.69, 9.17) is 9.47 Å². The minimum atomic E-state index is -0.0630. The van der Waals surface area contributed by atoms with Gasteiger partial charge in [-0.15, -0.1) is 0 Å². The Hall–Kier alpha value is -3.48. The van der Waals surface area contributed by atoms with E-state index >= 15 is 0 Å². The highest BCUT2D eigenvalue weighted by molar-refractivity contribution is 5.91. The molecule has 0 aliphatic heterocycles. The fourth-order valence-electron chi connectivity index (χ4n) is 3.87. The summed E-state index contributed by atoms with van der Waals surface area (Å²) < 4.78 is 10.9. The van der Waals surface area contributed by atoms with Crippen LogP contribution in [0.5, 0.6) is 11.5 Å². The number of amides is 2. The van der Waals surface area contributed by atoms with Gasteiger partial charge in [-0.3, -0.25) is 4.98 Å². The van der Waals surface area contributed by atoms with Crippen LogP contribution >= 0.6 is 0 Å². The number of hydrogen-bond acceptors (Lipinski definition) is 5. The van der Waals surface area contributed by atoms with Gasteiger partial charge in [0.1, 0.15) is 11.5 Å². The molecule has 2 amide bonds. The number of pyridine rings is 1. The molecule has 176 valence electrons. The van der Waals surface area contributed by atoms with Crippen molar-refractivity contribution in [3.63, 3.8) is 0 Å². The highest BCUT2D eigenvalue weighted by atomic mass is 16.5. The van der Waals surface area contributed by atoms with E-state index in [9.17, 15) is 4.79 Å². The molecule has 0 spiro atoms. The molecule has 1 heterocycles. The molecule has 7 heteroatoms. The number of urea groups is 1. The van der Waals surface area contributed by atoms with E-state index < -0.39 is 0 Å². The fourth-order valence-corrected chi connectivity index (χ4v) is 3.87. The molecular formula is C26H34N4O3. The van der Waals surface area contributed by atoms with Crippen LogP contribution in [-0.4, -0.2) is 49.3 Å². The number of anilines is 1. The topological polar surface area (TPSA) is 75.7 Å². The normalized spacial score (nSPS) is 11.6. The van der Waals surface area contributed by atoms with E-state index in [-0.39, 0.29) is 12.1 Å². The summed E-state index contributed by atoms with van der Waals surface area (Å²) in [4.78, 5) is 19.0. The number of carbonyl (C=O) groups excluding carboxylic acids is 1. The summed E-state index contributed by atoms with van der Waals surface area (Å²) in [6.45, 7) is 5.81. The van der Waals surface area contributed by atoms with Crippen molar-refractivity contribution in [2.45, 2.75) is 39.3 Å². The van der Waals surface area contributed by atoms with Crippen molar-refractivity contribution < 1.29 is 14.3 Å². The maximum Gasteiger partial charge on any atom is 0.317 e. The summed E-state index contributed by atoms with van der Waals surface area (Å²) in [5.41, 5.74) is 2.86. The molecule has 7 nitrogen and oxygen atoms in total. The maximum absolute atomic E-state index is 12.7. The molecule has 0 bridgehead atoms. The van der Waals surface area contributed by atoms with Crippen LogP contribution in [0.15, 0.2) is 54.7 Å². The Morgan fingerprint density at radius 3 is 2.70 bits per heavy atom. The number of hydrogen-bond donors (Lipinski definition) is 2. The second-order valence-corrected chi connectivity index (χ2v) is 8.01. The standard InChI is InChI=1S/C26H34N4O3/c1-5-27-26(31)30(18-21-11-6-7-13-24(21)33-4)15-9-10-19(2)29-23-17-22(32-3)16-20-12-8-14-28-25(20)23/h6-8,11-14,16-17,19,29H,5,9-10,15,18H2,1-4H3,(H,27,31). The molecule has 3 aromatic rings. The first kappa shape index (κ1) is 24.2. The third-order valence-corrected chi connectivity index (χ3v) is 5.55. The summed E-state index contributed by atoms with van der Waals surface area (Å²) >= 11 is 0. The Morgan fingerprint density at radius 2 is 1.94 bits per heavy atom. The van der Waals surface area contributed by atoms with Gasteiger partial charge in [0.05, 0.1) is 32.0 Å². The number of para-hydroxylation sites is 1. The van der Waals surface area contributed by atoms with Gasteiger partial charge in [0.15, 0.2) is 0 Å². The lowest BCUT2D eigenvalue weighted by atomic mass is 10.1. The van der Waals surface area contributed by atoms with Gasteiger partial charge in [0.2, 0.25) is 0 Å². The monoisotopic (exact) mass is 450 g/mol. The van der Waals surface area contributed by atoms with Crippen LogP contribution in [-0.2, 0) is 6.54 Å². The zero-order valence-corrected chi connectivity index (χ0v) is 19.9. The number of methoxy groups -OCH3 is 2. The Kier molecular flexibility index (Phi) is 8.75. The second-order valence-electron chi connectivity index (χ2n) is 8.01. The van der Waals surface area contributed by atoms with Crippen molar-refractivity contribution in [2.24, 2.45) is 0 Å². The molecular weight excluding hydrogens is 416 g/mol. The minimum Gasteiger partial charge on any atom is -0.497 e. The Bertz CT molecular complexity index is 1060. The highest BCUT2D eigenvalue weighted by Gasteiger charge is 2.16. The zero-order valence-electron chi connectivity index (χ0n) is 19.9. The zero-order chi connectivity index (χ0) is 23.6. The van der Waals surface area contributed by atoms with Crippen LogP contribution in [0, 0.1) is 0 Å². The van der Waals surface area contributed by atoms with Gasteiger partial charge >= 0.3 is 6.03 Å².